The molecule has 2 aliphatic rings. The highest BCUT2D eigenvalue weighted by molar-refractivity contribution is 7.17. The molecule has 1 aromatic heterocycles. The van der Waals surface area contributed by atoms with Crippen LogP contribution >= 0.6 is 11.3 Å². The molecule has 1 aromatic carbocycles. The maximum Gasteiger partial charge on any atom is 0.341 e. The predicted octanol–water partition coefficient (Wildman–Crippen LogP) is 2.75. The van der Waals surface area contributed by atoms with Gasteiger partial charge in [-0.2, -0.15) is 0 Å². The zero-order valence-corrected chi connectivity index (χ0v) is 16.8. The van der Waals surface area contributed by atoms with Gasteiger partial charge >= 0.3 is 11.9 Å². The number of ether oxygens (including phenoxy) is 1. The van der Waals surface area contributed by atoms with Gasteiger partial charge in [0.1, 0.15) is 5.00 Å². The van der Waals surface area contributed by atoms with E-state index in [-0.39, 0.29) is 5.91 Å². The van der Waals surface area contributed by atoms with Gasteiger partial charge in [0.05, 0.1) is 24.5 Å². The van der Waals surface area contributed by atoms with E-state index in [1.165, 1.54) is 24.0 Å². The molecule has 1 aliphatic carbocycles. The Morgan fingerprint density at radius 1 is 1.24 bits per heavy atom. The van der Waals surface area contributed by atoms with Gasteiger partial charge < -0.3 is 15.2 Å². The van der Waals surface area contributed by atoms with E-state index >= 15 is 0 Å². The first-order valence-electron chi connectivity index (χ1n) is 9.50. The van der Waals surface area contributed by atoms with Gasteiger partial charge in [-0.15, -0.1) is 11.3 Å². The second-order valence-corrected chi connectivity index (χ2v) is 8.53. The summed E-state index contributed by atoms with van der Waals surface area (Å²) in [5.41, 5.74) is 2.56. The first-order chi connectivity index (χ1) is 14.0. The summed E-state index contributed by atoms with van der Waals surface area (Å²) in [6, 6.07) is 10.2. The molecule has 0 radical (unpaired) electrons. The number of esters is 1. The minimum absolute atomic E-state index is 0.338. The fourth-order valence-corrected chi connectivity index (χ4v) is 5.08. The Kier molecular flexibility index (Phi) is 5.38. The van der Waals surface area contributed by atoms with Crippen molar-refractivity contribution < 1.29 is 24.2 Å². The summed E-state index contributed by atoms with van der Waals surface area (Å²) in [4.78, 5) is 39.2. The first kappa shape index (κ1) is 19.6. The number of aliphatic carboxylic acids is 1. The number of nitrogens with zero attached hydrogens (tertiary/aromatic N) is 1. The SMILES string of the molecule is COC(=O)c1c(NC(=O)C2CC2C(=O)O)sc2c1CCN(Cc1ccccc1)C2. The molecular weight excluding hydrogens is 392 g/mol. The third-order valence-corrected chi connectivity index (χ3v) is 6.59. The summed E-state index contributed by atoms with van der Waals surface area (Å²) < 4.78 is 4.95. The van der Waals surface area contributed by atoms with Crippen LogP contribution in [0, 0.1) is 11.8 Å². The number of hydrogen-bond donors (Lipinski definition) is 2. The molecule has 7 nitrogen and oxygen atoms in total. The quantitative estimate of drug-likeness (QED) is 0.706. The fraction of sp³-hybridized carbons (Fsp3) is 0.381. The summed E-state index contributed by atoms with van der Waals surface area (Å²) in [5.74, 6) is -2.94. The molecule has 0 bridgehead atoms. The summed E-state index contributed by atoms with van der Waals surface area (Å²) >= 11 is 1.38. The second kappa shape index (κ2) is 7.96. The van der Waals surface area contributed by atoms with Gasteiger partial charge in [-0.25, -0.2) is 4.79 Å². The number of rotatable bonds is 6. The standard InChI is InChI=1S/C21H22N2O5S/c1-28-21(27)17-13-7-8-23(10-12-5-3-2-4-6-12)11-16(13)29-19(17)22-18(24)14-9-15(14)20(25)26/h2-6,14-15H,7-11H2,1H3,(H,22,24)(H,25,26). The molecule has 2 aromatic rings. The molecule has 2 atom stereocenters. The minimum atomic E-state index is -0.958. The van der Waals surface area contributed by atoms with Crippen molar-refractivity contribution in [2.24, 2.45) is 11.8 Å². The van der Waals surface area contributed by atoms with Crippen molar-refractivity contribution in [3.63, 3.8) is 0 Å². The average molecular weight is 414 g/mol. The molecule has 2 unspecified atom stereocenters. The number of anilines is 1. The molecule has 1 aliphatic heterocycles. The lowest BCUT2D eigenvalue weighted by Gasteiger charge is -2.27. The van der Waals surface area contributed by atoms with Crippen LogP contribution in [-0.4, -0.2) is 41.5 Å². The molecule has 2 N–H and O–H groups in total. The maximum absolute atomic E-state index is 12.4. The first-order valence-corrected chi connectivity index (χ1v) is 10.3. The Morgan fingerprint density at radius 3 is 2.66 bits per heavy atom. The van der Waals surface area contributed by atoms with Gasteiger partial charge in [0, 0.05) is 24.5 Å². The van der Waals surface area contributed by atoms with Gasteiger partial charge in [-0.1, -0.05) is 30.3 Å². The van der Waals surface area contributed by atoms with Gasteiger partial charge in [0.25, 0.3) is 0 Å². The highest BCUT2D eigenvalue weighted by atomic mass is 32.1. The van der Waals surface area contributed by atoms with Crippen LogP contribution in [0.1, 0.15) is 32.8 Å². The number of thiophene rings is 1. The Morgan fingerprint density at radius 2 is 2.00 bits per heavy atom. The van der Waals surface area contributed by atoms with Crippen LogP contribution in [0.5, 0.6) is 0 Å². The van der Waals surface area contributed by atoms with E-state index in [9.17, 15) is 14.4 Å². The number of hydrogen-bond acceptors (Lipinski definition) is 6. The zero-order valence-electron chi connectivity index (χ0n) is 16.0. The summed E-state index contributed by atoms with van der Waals surface area (Å²) in [5, 5.41) is 12.3. The van der Waals surface area contributed by atoms with Crippen molar-refractivity contribution >= 4 is 34.2 Å². The molecule has 0 spiro atoms. The third kappa shape index (κ3) is 4.04. The summed E-state index contributed by atoms with van der Waals surface area (Å²) in [7, 11) is 1.32. The second-order valence-electron chi connectivity index (χ2n) is 7.42. The molecular formula is C21H22N2O5S. The van der Waals surface area contributed by atoms with Gasteiger partial charge in [-0.3, -0.25) is 14.5 Å². The van der Waals surface area contributed by atoms with Gasteiger partial charge in [-0.05, 0) is 24.0 Å². The average Bonchev–Trinajstić information content (AvgIpc) is 3.45. The molecule has 29 heavy (non-hydrogen) atoms. The lowest BCUT2D eigenvalue weighted by atomic mass is 10.0. The number of carbonyl (C=O) groups is 3. The van der Waals surface area contributed by atoms with Crippen LogP contribution in [0.25, 0.3) is 0 Å². The number of carboxylic acids is 1. The smallest absolute Gasteiger partial charge is 0.341 e. The normalized spacial score (nSPS) is 20.6. The monoisotopic (exact) mass is 414 g/mol. The van der Waals surface area contributed by atoms with Crippen molar-refractivity contribution in [1.82, 2.24) is 4.90 Å². The third-order valence-electron chi connectivity index (χ3n) is 5.46. The van der Waals surface area contributed by atoms with Crippen molar-refractivity contribution in [2.75, 3.05) is 19.0 Å². The van der Waals surface area contributed by atoms with Crippen LogP contribution in [0.4, 0.5) is 5.00 Å². The lowest BCUT2D eigenvalue weighted by Crippen LogP contribution is -2.29. The number of benzene rings is 1. The van der Waals surface area contributed by atoms with E-state index in [2.05, 4.69) is 22.3 Å². The van der Waals surface area contributed by atoms with Crippen molar-refractivity contribution in [1.29, 1.82) is 0 Å². The highest BCUT2D eigenvalue weighted by Gasteiger charge is 2.48. The van der Waals surface area contributed by atoms with Crippen LogP contribution in [0.3, 0.4) is 0 Å². The van der Waals surface area contributed by atoms with Crippen LogP contribution in [0.2, 0.25) is 0 Å². The largest absolute Gasteiger partial charge is 0.481 e. The number of carbonyl (C=O) groups excluding carboxylic acids is 2. The summed E-state index contributed by atoms with van der Waals surface area (Å²) in [6.07, 6.45) is 1.03. The van der Waals surface area contributed by atoms with Crippen LogP contribution < -0.4 is 5.32 Å². The molecule has 152 valence electrons. The number of amides is 1. The van der Waals surface area contributed by atoms with E-state index in [4.69, 9.17) is 9.84 Å². The van der Waals surface area contributed by atoms with E-state index in [1.54, 1.807) is 0 Å². The van der Waals surface area contributed by atoms with Gasteiger partial charge in [0.15, 0.2) is 0 Å². The molecule has 2 heterocycles. The fourth-order valence-electron chi connectivity index (χ4n) is 3.80. The summed E-state index contributed by atoms with van der Waals surface area (Å²) in [6.45, 7) is 2.31. The zero-order chi connectivity index (χ0) is 20.5. The maximum atomic E-state index is 12.4. The number of fused-ring (bicyclic) bond motifs is 1. The lowest BCUT2D eigenvalue weighted by molar-refractivity contribution is -0.139. The van der Waals surface area contributed by atoms with E-state index in [0.29, 0.717) is 30.0 Å². The van der Waals surface area contributed by atoms with E-state index in [0.717, 1.165) is 23.5 Å². The Balaban J connectivity index is 1.53. The molecule has 0 saturated heterocycles. The number of methoxy groups -OCH3 is 1. The van der Waals surface area contributed by atoms with Crippen LogP contribution in [0.15, 0.2) is 30.3 Å². The van der Waals surface area contributed by atoms with Crippen molar-refractivity contribution in [3.8, 4) is 0 Å². The molecule has 1 saturated carbocycles. The predicted molar refractivity (Wildman–Crippen MR) is 108 cm³/mol. The molecule has 1 fully saturated rings. The Hall–Kier alpha value is -2.71. The Bertz CT molecular complexity index is 955. The minimum Gasteiger partial charge on any atom is -0.481 e. The highest BCUT2D eigenvalue weighted by Crippen LogP contribution is 2.42. The molecule has 8 heteroatoms. The van der Waals surface area contributed by atoms with E-state index in [1.807, 2.05) is 18.2 Å². The van der Waals surface area contributed by atoms with E-state index < -0.39 is 23.8 Å². The van der Waals surface area contributed by atoms with Crippen molar-refractivity contribution in [2.45, 2.75) is 25.9 Å². The van der Waals surface area contributed by atoms with Crippen LogP contribution in [-0.2, 0) is 33.8 Å². The number of nitrogens with one attached hydrogen (secondary N) is 1. The number of carboxylic acid groups (broad SMARTS) is 1. The molecule has 1 amide bonds. The van der Waals surface area contributed by atoms with Gasteiger partial charge in [0.2, 0.25) is 5.91 Å². The Labute approximate surface area is 172 Å². The van der Waals surface area contributed by atoms with Crippen molar-refractivity contribution in [3.05, 3.63) is 51.9 Å². The molecule has 4 rings (SSSR count). The topological polar surface area (TPSA) is 95.9 Å².